The van der Waals surface area contributed by atoms with Gasteiger partial charge in [0.25, 0.3) is 5.91 Å². The van der Waals surface area contributed by atoms with Gasteiger partial charge in [0.15, 0.2) is 6.61 Å². The Hall–Kier alpha value is -3.19. The number of carbonyl (C=O) groups is 2. The molecular formula is C19H17N3O3S. The highest BCUT2D eigenvalue weighted by Gasteiger charge is 2.12. The Balaban J connectivity index is 1.85. The second-order valence-electron chi connectivity index (χ2n) is 5.30. The van der Waals surface area contributed by atoms with Crippen molar-refractivity contribution in [1.29, 1.82) is 0 Å². The third-order valence-corrected chi connectivity index (χ3v) is 4.42. The first-order valence-electron chi connectivity index (χ1n) is 7.92. The Bertz CT molecular complexity index is 915. The van der Waals surface area contributed by atoms with Gasteiger partial charge in [-0.15, -0.1) is 11.3 Å². The van der Waals surface area contributed by atoms with Crippen LogP contribution in [0.1, 0.15) is 5.56 Å². The summed E-state index contributed by atoms with van der Waals surface area (Å²) in [7, 11) is 1.48. The fraction of sp³-hybridized carbons (Fsp3) is 0.105. The summed E-state index contributed by atoms with van der Waals surface area (Å²) in [4.78, 5) is 23.9. The highest BCUT2D eigenvalue weighted by atomic mass is 32.1. The summed E-state index contributed by atoms with van der Waals surface area (Å²) in [5, 5.41) is 9.01. The molecule has 3 aromatic rings. The maximum atomic E-state index is 11.8. The number of benzene rings is 1. The molecule has 6 nitrogen and oxygen atoms in total. The number of hydrogen-bond donors (Lipinski definition) is 1. The highest BCUT2D eigenvalue weighted by Crippen LogP contribution is 2.28. The van der Waals surface area contributed by atoms with Crippen molar-refractivity contribution in [2.75, 3.05) is 13.7 Å². The molecule has 132 valence electrons. The summed E-state index contributed by atoms with van der Waals surface area (Å²) < 4.78 is 6.64. The van der Waals surface area contributed by atoms with Gasteiger partial charge in [0.1, 0.15) is 5.69 Å². The van der Waals surface area contributed by atoms with Crippen molar-refractivity contribution in [2.45, 2.75) is 0 Å². The molecule has 0 atom stereocenters. The lowest BCUT2D eigenvalue weighted by Gasteiger charge is -1.99. The van der Waals surface area contributed by atoms with Crippen LogP contribution in [0.5, 0.6) is 0 Å². The molecule has 7 heteroatoms. The minimum absolute atomic E-state index is 0.305. The molecule has 0 aliphatic rings. The second kappa shape index (κ2) is 8.26. The lowest BCUT2D eigenvalue weighted by atomic mass is 10.2. The molecule has 0 saturated heterocycles. The van der Waals surface area contributed by atoms with Gasteiger partial charge < -0.3 is 10.1 Å². The molecular weight excluding hydrogens is 350 g/mol. The van der Waals surface area contributed by atoms with Crippen LogP contribution in [0.4, 0.5) is 0 Å². The molecule has 0 aliphatic carbocycles. The van der Waals surface area contributed by atoms with Gasteiger partial charge in [-0.2, -0.15) is 5.10 Å². The predicted molar refractivity (Wildman–Crippen MR) is 101 cm³/mol. The maximum Gasteiger partial charge on any atom is 0.331 e. The number of carbonyl (C=O) groups excluding carboxylic acids is 2. The van der Waals surface area contributed by atoms with E-state index in [1.165, 1.54) is 13.1 Å². The summed E-state index contributed by atoms with van der Waals surface area (Å²) in [6.07, 6.45) is 4.80. The Morgan fingerprint density at radius 2 is 2.04 bits per heavy atom. The van der Waals surface area contributed by atoms with Gasteiger partial charge >= 0.3 is 5.97 Å². The number of para-hydroxylation sites is 1. The summed E-state index contributed by atoms with van der Waals surface area (Å²) in [6, 6.07) is 13.7. The van der Waals surface area contributed by atoms with Crippen LogP contribution < -0.4 is 5.32 Å². The predicted octanol–water partition coefficient (Wildman–Crippen LogP) is 2.90. The first kappa shape index (κ1) is 17.6. The minimum Gasteiger partial charge on any atom is -0.452 e. The molecule has 0 spiro atoms. The number of nitrogens with zero attached hydrogens (tertiary/aromatic N) is 2. The molecule has 0 fully saturated rings. The number of rotatable bonds is 6. The van der Waals surface area contributed by atoms with E-state index in [4.69, 9.17) is 4.74 Å². The van der Waals surface area contributed by atoms with E-state index < -0.39 is 5.97 Å². The number of nitrogens with one attached hydrogen (secondary N) is 1. The van der Waals surface area contributed by atoms with E-state index in [-0.39, 0.29) is 12.5 Å². The zero-order valence-electron chi connectivity index (χ0n) is 14.1. The Kier molecular flexibility index (Phi) is 5.60. The quantitative estimate of drug-likeness (QED) is 0.537. The topological polar surface area (TPSA) is 73.2 Å². The van der Waals surface area contributed by atoms with Crippen molar-refractivity contribution >= 4 is 29.3 Å². The molecule has 0 unspecified atom stereocenters. The van der Waals surface area contributed by atoms with E-state index in [9.17, 15) is 9.59 Å². The van der Waals surface area contributed by atoms with Crippen LogP contribution in [0, 0.1) is 0 Å². The van der Waals surface area contributed by atoms with Crippen molar-refractivity contribution in [3.8, 4) is 16.3 Å². The fourth-order valence-electron chi connectivity index (χ4n) is 2.24. The van der Waals surface area contributed by atoms with Gasteiger partial charge in [-0.25, -0.2) is 9.48 Å². The molecule has 2 heterocycles. The normalized spacial score (nSPS) is 10.8. The zero-order chi connectivity index (χ0) is 18.4. The first-order valence-corrected chi connectivity index (χ1v) is 8.79. The molecule has 0 aliphatic heterocycles. The van der Waals surface area contributed by atoms with Gasteiger partial charge in [-0.1, -0.05) is 24.3 Å². The van der Waals surface area contributed by atoms with Gasteiger partial charge in [0, 0.05) is 24.9 Å². The van der Waals surface area contributed by atoms with E-state index in [0.29, 0.717) is 0 Å². The smallest absolute Gasteiger partial charge is 0.331 e. The third-order valence-electron chi connectivity index (χ3n) is 3.54. The van der Waals surface area contributed by atoms with Crippen LogP contribution in [0.15, 0.2) is 60.1 Å². The van der Waals surface area contributed by atoms with Gasteiger partial charge in [-0.05, 0) is 29.7 Å². The van der Waals surface area contributed by atoms with Crippen LogP contribution in [0.25, 0.3) is 22.3 Å². The van der Waals surface area contributed by atoms with Gasteiger partial charge in [-0.3, -0.25) is 4.79 Å². The van der Waals surface area contributed by atoms with E-state index in [0.717, 1.165) is 21.8 Å². The number of likely N-dealkylation sites (N-methyl/N-ethyl adjacent to an activating group) is 1. The zero-order valence-corrected chi connectivity index (χ0v) is 14.9. The summed E-state index contributed by atoms with van der Waals surface area (Å²) in [5.74, 6) is -0.943. The Labute approximate surface area is 154 Å². The lowest BCUT2D eigenvalue weighted by Crippen LogP contribution is -2.24. The summed E-state index contributed by atoms with van der Waals surface area (Å²) in [6.45, 7) is -0.305. The number of hydrogen-bond acceptors (Lipinski definition) is 5. The molecule has 3 rings (SSSR count). The average Bonchev–Trinajstić information content (AvgIpc) is 3.34. The monoisotopic (exact) mass is 367 g/mol. The van der Waals surface area contributed by atoms with Crippen LogP contribution in [-0.4, -0.2) is 35.3 Å². The maximum absolute atomic E-state index is 11.8. The van der Waals surface area contributed by atoms with E-state index >= 15 is 0 Å². The third kappa shape index (κ3) is 4.25. The number of amides is 1. The number of esters is 1. The van der Waals surface area contributed by atoms with Crippen LogP contribution in [-0.2, 0) is 14.3 Å². The van der Waals surface area contributed by atoms with Crippen molar-refractivity contribution in [3.05, 3.63) is 65.7 Å². The SMILES string of the molecule is CNC(=O)COC(=O)C=Cc1cn(-c2ccccc2)nc1-c1cccs1. The molecule has 26 heavy (non-hydrogen) atoms. The first-order chi connectivity index (χ1) is 12.7. The standard InChI is InChI=1S/C19H17N3O3S/c1-20-17(23)13-25-18(24)10-9-14-12-22(15-6-3-2-4-7-15)21-19(14)16-8-5-11-26-16/h2-12H,13H2,1H3,(H,20,23). The number of aromatic nitrogens is 2. The molecule has 2 aromatic heterocycles. The summed E-state index contributed by atoms with van der Waals surface area (Å²) in [5.41, 5.74) is 2.49. The van der Waals surface area contributed by atoms with E-state index in [1.807, 2.05) is 54.0 Å². The van der Waals surface area contributed by atoms with Gasteiger partial charge in [0.2, 0.25) is 0 Å². The van der Waals surface area contributed by atoms with Gasteiger partial charge in [0.05, 0.1) is 10.6 Å². The van der Waals surface area contributed by atoms with Crippen LogP contribution in [0.3, 0.4) is 0 Å². The largest absolute Gasteiger partial charge is 0.452 e. The fourth-order valence-corrected chi connectivity index (χ4v) is 2.97. The minimum atomic E-state index is -0.585. The molecule has 1 N–H and O–H groups in total. The highest BCUT2D eigenvalue weighted by molar-refractivity contribution is 7.13. The Morgan fingerprint density at radius 3 is 2.73 bits per heavy atom. The van der Waals surface area contributed by atoms with E-state index in [1.54, 1.807) is 22.1 Å². The number of ether oxygens (including phenoxy) is 1. The molecule has 1 aromatic carbocycles. The molecule has 1 amide bonds. The van der Waals surface area contributed by atoms with Crippen molar-refractivity contribution in [2.24, 2.45) is 0 Å². The molecule has 0 radical (unpaired) electrons. The molecule has 0 bridgehead atoms. The number of thiophene rings is 1. The average molecular weight is 367 g/mol. The lowest BCUT2D eigenvalue weighted by molar-refractivity contribution is -0.143. The van der Waals surface area contributed by atoms with E-state index in [2.05, 4.69) is 10.4 Å². The Morgan fingerprint density at radius 1 is 1.23 bits per heavy atom. The van der Waals surface area contributed by atoms with Crippen molar-refractivity contribution in [3.63, 3.8) is 0 Å². The molecule has 0 saturated carbocycles. The van der Waals surface area contributed by atoms with Crippen LogP contribution >= 0.6 is 11.3 Å². The summed E-state index contributed by atoms with van der Waals surface area (Å²) >= 11 is 1.57. The van der Waals surface area contributed by atoms with Crippen LogP contribution in [0.2, 0.25) is 0 Å². The second-order valence-corrected chi connectivity index (χ2v) is 6.25. The van der Waals surface area contributed by atoms with Crippen molar-refractivity contribution < 1.29 is 14.3 Å². The van der Waals surface area contributed by atoms with Crippen molar-refractivity contribution in [1.82, 2.24) is 15.1 Å².